The quantitative estimate of drug-likeness (QED) is 0.654. The summed E-state index contributed by atoms with van der Waals surface area (Å²) in [6.45, 7) is 3.93. The SMILES string of the molecule is Cc1cnn(-c2cc(C)ncn2)c1. The van der Waals surface area contributed by atoms with Gasteiger partial charge in [-0.25, -0.2) is 14.6 Å². The molecule has 4 nitrogen and oxygen atoms in total. The van der Waals surface area contributed by atoms with E-state index in [-0.39, 0.29) is 0 Å². The van der Waals surface area contributed by atoms with Crippen LogP contribution in [0.1, 0.15) is 11.3 Å². The molecule has 0 spiro atoms. The minimum absolute atomic E-state index is 0.806. The predicted molar refractivity (Wildman–Crippen MR) is 48.6 cm³/mol. The summed E-state index contributed by atoms with van der Waals surface area (Å²) < 4.78 is 1.74. The first-order chi connectivity index (χ1) is 6.25. The van der Waals surface area contributed by atoms with Gasteiger partial charge in [-0.2, -0.15) is 5.10 Å². The summed E-state index contributed by atoms with van der Waals surface area (Å²) in [6.07, 6.45) is 5.28. The molecule has 0 saturated heterocycles. The van der Waals surface area contributed by atoms with Gasteiger partial charge in [0, 0.05) is 18.0 Å². The Hall–Kier alpha value is -1.71. The van der Waals surface area contributed by atoms with Crippen LogP contribution < -0.4 is 0 Å². The van der Waals surface area contributed by atoms with Crippen molar-refractivity contribution in [3.8, 4) is 5.82 Å². The average Bonchev–Trinajstić information content (AvgIpc) is 2.52. The molecule has 2 rings (SSSR count). The third-order valence-electron chi connectivity index (χ3n) is 1.74. The van der Waals surface area contributed by atoms with E-state index in [1.54, 1.807) is 17.2 Å². The molecule has 2 aromatic rings. The highest BCUT2D eigenvalue weighted by Gasteiger charge is 1.98. The van der Waals surface area contributed by atoms with Gasteiger partial charge in [-0.15, -0.1) is 0 Å². The Labute approximate surface area is 76.3 Å². The van der Waals surface area contributed by atoms with E-state index >= 15 is 0 Å². The van der Waals surface area contributed by atoms with Crippen LogP contribution in [0.4, 0.5) is 0 Å². The lowest BCUT2D eigenvalue weighted by atomic mass is 10.4. The van der Waals surface area contributed by atoms with E-state index in [9.17, 15) is 0 Å². The minimum Gasteiger partial charge on any atom is -0.242 e. The summed E-state index contributed by atoms with van der Waals surface area (Å²) in [5.41, 5.74) is 2.06. The number of aryl methyl sites for hydroxylation is 2. The Morgan fingerprint density at radius 3 is 2.69 bits per heavy atom. The maximum absolute atomic E-state index is 4.15. The monoisotopic (exact) mass is 174 g/mol. The van der Waals surface area contributed by atoms with Crippen molar-refractivity contribution in [2.24, 2.45) is 0 Å². The Morgan fingerprint density at radius 2 is 2.08 bits per heavy atom. The van der Waals surface area contributed by atoms with Crippen LogP contribution in [0.3, 0.4) is 0 Å². The molecule has 0 atom stereocenters. The molecule has 0 aliphatic rings. The zero-order chi connectivity index (χ0) is 9.26. The maximum Gasteiger partial charge on any atom is 0.156 e. The highest BCUT2D eigenvalue weighted by molar-refractivity contribution is 5.22. The lowest BCUT2D eigenvalue weighted by molar-refractivity contribution is 0.834. The Kier molecular flexibility index (Phi) is 1.81. The first-order valence-corrected chi connectivity index (χ1v) is 4.06. The molecular weight excluding hydrogens is 164 g/mol. The smallest absolute Gasteiger partial charge is 0.156 e. The van der Waals surface area contributed by atoms with Crippen molar-refractivity contribution in [2.45, 2.75) is 13.8 Å². The normalized spacial score (nSPS) is 10.3. The number of rotatable bonds is 1. The second-order valence-electron chi connectivity index (χ2n) is 2.98. The molecule has 0 aliphatic carbocycles. The van der Waals surface area contributed by atoms with Crippen molar-refractivity contribution >= 4 is 0 Å². The van der Waals surface area contributed by atoms with Crippen molar-refractivity contribution < 1.29 is 0 Å². The summed E-state index contributed by atoms with van der Waals surface area (Å²) in [7, 11) is 0. The van der Waals surface area contributed by atoms with Crippen LogP contribution in [-0.4, -0.2) is 19.7 Å². The first kappa shape index (κ1) is 7.91. The van der Waals surface area contributed by atoms with Gasteiger partial charge in [-0.1, -0.05) is 0 Å². The second kappa shape index (κ2) is 2.97. The first-order valence-electron chi connectivity index (χ1n) is 4.06. The lowest BCUT2D eigenvalue weighted by Crippen LogP contribution is -1.98. The molecule has 0 radical (unpaired) electrons. The van der Waals surface area contributed by atoms with Crippen molar-refractivity contribution in [2.75, 3.05) is 0 Å². The van der Waals surface area contributed by atoms with Gasteiger partial charge < -0.3 is 0 Å². The van der Waals surface area contributed by atoms with E-state index in [1.165, 1.54) is 0 Å². The van der Waals surface area contributed by atoms with E-state index in [2.05, 4.69) is 15.1 Å². The van der Waals surface area contributed by atoms with Crippen molar-refractivity contribution in [1.82, 2.24) is 19.7 Å². The van der Waals surface area contributed by atoms with Crippen LogP contribution in [0.15, 0.2) is 24.8 Å². The molecule has 0 amide bonds. The van der Waals surface area contributed by atoms with Crippen LogP contribution in [0, 0.1) is 13.8 Å². The van der Waals surface area contributed by atoms with E-state index in [0.717, 1.165) is 17.1 Å². The molecule has 2 aromatic heterocycles. The lowest BCUT2D eigenvalue weighted by Gasteiger charge is -1.99. The topological polar surface area (TPSA) is 43.6 Å². The van der Waals surface area contributed by atoms with Crippen molar-refractivity contribution in [3.63, 3.8) is 0 Å². The molecule has 0 unspecified atom stereocenters. The number of hydrogen-bond acceptors (Lipinski definition) is 3. The summed E-state index contributed by atoms with van der Waals surface area (Å²) >= 11 is 0. The van der Waals surface area contributed by atoms with Gasteiger partial charge in [0.15, 0.2) is 5.82 Å². The molecule has 2 heterocycles. The standard InChI is InChI=1S/C9H10N4/c1-7-4-12-13(5-7)9-3-8(2)10-6-11-9/h3-6H,1-2H3. The predicted octanol–water partition coefficient (Wildman–Crippen LogP) is 1.28. The molecule has 0 N–H and O–H groups in total. The third kappa shape index (κ3) is 1.56. The largest absolute Gasteiger partial charge is 0.242 e. The van der Waals surface area contributed by atoms with Gasteiger partial charge in [-0.3, -0.25) is 0 Å². The molecular formula is C9H10N4. The molecule has 0 fully saturated rings. The van der Waals surface area contributed by atoms with Crippen LogP contribution in [-0.2, 0) is 0 Å². The third-order valence-corrected chi connectivity index (χ3v) is 1.74. The zero-order valence-electron chi connectivity index (χ0n) is 7.60. The van der Waals surface area contributed by atoms with Gasteiger partial charge in [0.2, 0.25) is 0 Å². The number of hydrogen-bond donors (Lipinski definition) is 0. The summed E-state index contributed by atoms with van der Waals surface area (Å²) in [5, 5.41) is 4.15. The highest BCUT2D eigenvalue weighted by atomic mass is 15.3. The summed E-state index contributed by atoms with van der Waals surface area (Å²) in [4.78, 5) is 8.13. The van der Waals surface area contributed by atoms with Gasteiger partial charge in [0.25, 0.3) is 0 Å². The molecule has 0 aliphatic heterocycles. The van der Waals surface area contributed by atoms with E-state index in [1.807, 2.05) is 26.1 Å². The van der Waals surface area contributed by atoms with Gasteiger partial charge in [0.05, 0.1) is 6.20 Å². The van der Waals surface area contributed by atoms with Gasteiger partial charge >= 0.3 is 0 Å². The zero-order valence-corrected chi connectivity index (χ0v) is 7.60. The molecule has 0 aromatic carbocycles. The molecule has 0 saturated carbocycles. The van der Waals surface area contributed by atoms with Crippen LogP contribution in [0.2, 0.25) is 0 Å². The van der Waals surface area contributed by atoms with E-state index < -0.39 is 0 Å². The summed E-state index contributed by atoms with van der Waals surface area (Å²) in [6, 6.07) is 1.90. The van der Waals surface area contributed by atoms with Crippen molar-refractivity contribution in [1.29, 1.82) is 0 Å². The average molecular weight is 174 g/mol. The highest BCUT2D eigenvalue weighted by Crippen LogP contribution is 2.04. The van der Waals surface area contributed by atoms with Crippen LogP contribution in [0.5, 0.6) is 0 Å². The fourth-order valence-electron chi connectivity index (χ4n) is 1.10. The van der Waals surface area contributed by atoms with Crippen LogP contribution in [0.25, 0.3) is 5.82 Å². The minimum atomic E-state index is 0.806. The summed E-state index contributed by atoms with van der Waals surface area (Å²) in [5.74, 6) is 0.806. The Morgan fingerprint density at radius 1 is 1.23 bits per heavy atom. The Bertz CT molecular complexity index is 419. The molecule has 66 valence electrons. The number of aromatic nitrogens is 4. The molecule has 13 heavy (non-hydrogen) atoms. The fraction of sp³-hybridized carbons (Fsp3) is 0.222. The van der Waals surface area contributed by atoms with Crippen molar-refractivity contribution in [3.05, 3.63) is 36.0 Å². The fourth-order valence-corrected chi connectivity index (χ4v) is 1.10. The van der Waals surface area contributed by atoms with E-state index in [4.69, 9.17) is 0 Å². The van der Waals surface area contributed by atoms with Crippen LogP contribution >= 0.6 is 0 Å². The second-order valence-corrected chi connectivity index (χ2v) is 2.98. The van der Waals surface area contributed by atoms with E-state index in [0.29, 0.717) is 0 Å². The Balaban J connectivity index is 2.46. The maximum atomic E-state index is 4.15. The number of nitrogens with zero attached hydrogens (tertiary/aromatic N) is 4. The van der Waals surface area contributed by atoms with Gasteiger partial charge in [0.1, 0.15) is 6.33 Å². The van der Waals surface area contributed by atoms with Gasteiger partial charge in [-0.05, 0) is 19.4 Å². The molecule has 0 bridgehead atoms. The molecule has 4 heteroatoms.